The van der Waals surface area contributed by atoms with Crippen LogP contribution in [0.15, 0.2) is 18.3 Å². The van der Waals surface area contributed by atoms with Gasteiger partial charge in [-0.05, 0) is 39.8 Å². The molecule has 5 heteroatoms. The van der Waals surface area contributed by atoms with Crippen LogP contribution in [-0.2, 0) is 9.53 Å². The number of carbonyl (C=O) groups is 2. The average Bonchev–Trinajstić information content (AvgIpc) is 2.62. The van der Waals surface area contributed by atoms with E-state index in [1.807, 2.05) is 20.8 Å². The Morgan fingerprint density at radius 2 is 2.11 bits per heavy atom. The SMILES string of the molecule is CC(OC(C)(C)C)C(C(=O)O)n1cccc1C=O. The van der Waals surface area contributed by atoms with E-state index in [0.717, 1.165) is 0 Å². The van der Waals surface area contributed by atoms with Gasteiger partial charge in [0, 0.05) is 6.20 Å². The first-order valence-electron chi connectivity index (χ1n) is 5.79. The summed E-state index contributed by atoms with van der Waals surface area (Å²) in [6.45, 7) is 7.27. The first-order chi connectivity index (χ1) is 8.26. The molecule has 0 amide bonds. The first kappa shape index (κ1) is 14.4. The second-order valence-corrected chi connectivity index (χ2v) is 5.18. The van der Waals surface area contributed by atoms with Crippen LogP contribution in [0.4, 0.5) is 0 Å². The molecule has 100 valence electrons. The number of nitrogens with zero attached hydrogens (tertiary/aromatic N) is 1. The second kappa shape index (κ2) is 5.35. The predicted octanol–water partition coefficient (Wildman–Crippen LogP) is 2.13. The molecule has 1 rings (SSSR count). The summed E-state index contributed by atoms with van der Waals surface area (Å²) in [6.07, 6.45) is 1.67. The van der Waals surface area contributed by atoms with Gasteiger partial charge in [0.15, 0.2) is 12.3 Å². The number of aldehydes is 1. The van der Waals surface area contributed by atoms with Gasteiger partial charge in [-0.3, -0.25) is 4.79 Å². The zero-order chi connectivity index (χ0) is 13.9. The molecular weight excluding hydrogens is 234 g/mol. The normalized spacial score (nSPS) is 15.1. The van der Waals surface area contributed by atoms with Crippen LogP contribution in [0.2, 0.25) is 0 Å². The number of carbonyl (C=O) groups excluding carboxylic acids is 1. The van der Waals surface area contributed by atoms with Crippen molar-refractivity contribution in [2.24, 2.45) is 0 Å². The number of carboxylic acid groups (broad SMARTS) is 1. The standard InChI is InChI=1S/C13H19NO4/c1-9(18-13(2,3)4)11(12(16)17)14-7-5-6-10(14)8-15/h5-9,11H,1-4H3,(H,16,17). The van der Waals surface area contributed by atoms with Gasteiger partial charge < -0.3 is 14.4 Å². The van der Waals surface area contributed by atoms with Crippen molar-refractivity contribution >= 4 is 12.3 Å². The van der Waals surface area contributed by atoms with Gasteiger partial charge in [-0.15, -0.1) is 0 Å². The number of aromatic nitrogens is 1. The van der Waals surface area contributed by atoms with Crippen LogP contribution in [0, 0.1) is 0 Å². The molecule has 1 heterocycles. The highest BCUT2D eigenvalue weighted by Gasteiger charge is 2.31. The molecule has 0 fully saturated rings. The highest BCUT2D eigenvalue weighted by molar-refractivity contribution is 5.77. The van der Waals surface area contributed by atoms with Crippen molar-refractivity contribution in [3.05, 3.63) is 24.0 Å². The second-order valence-electron chi connectivity index (χ2n) is 5.18. The van der Waals surface area contributed by atoms with Gasteiger partial charge in [-0.25, -0.2) is 4.79 Å². The molecule has 0 aromatic carbocycles. The Hall–Kier alpha value is -1.62. The van der Waals surface area contributed by atoms with Crippen molar-refractivity contribution in [1.82, 2.24) is 4.57 Å². The molecular formula is C13H19NO4. The fourth-order valence-corrected chi connectivity index (χ4v) is 1.93. The van der Waals surface area contributed by atoms with Crippen molar-refractivity contribution in [2.45, 2.75) is 45.4 Å². The van der Waals surface area contributed by atoms with E-state index >= 15 is 0 Å². The van der Waals surface area contributed by atoms with Crippen LogP contribution in [0.1, 0.15) is 44.2 Å². The minimum Gasteiger partial charge on any atom is -0.480 e. The van der Waals surface area contributed by atoms with Gasteiger partial charge in [0.1, 0.15) is 0 Å². The third-order valence-electron chi connectivity index (χ3n) is 2.47. The third kappa shape index (κ3) is 3.43. The van der Waals surface area contributed by atoms with Gasteiger partial charge >= 0.3 is 5.97 Å². The van der Waals surface area contributed by atoms with Crippen molar-refractivity contribution in [3.8, 4) is 0 Å². The summed E-state index contributed by atoms with van der Waals surface area (Å²) in [5, 5.41) is 9.32. The predicted molar refractivity (Wildman–Crippen MR) is 66.8 cm³/mol. The molecule has 18 heavy (non-hydrogen) atoms. The molecule has 0 saturated carbocycles. The lowest BCUT2D eigenvalue weighted by molar-refractivity contribution is -0.150. The van der Waals surface area contributed by atoms with Crippen LogP contribution in [-0.4, -0.2) is 33.6 Å². The van der Waals surface area contributed by atoms with Gasteiger partial charge in [0.05, 0.1) is 17.4 Å². The topological polar surface area (TPSA) is 68.5 Å². The van der Waals surface area contributed by atoms with Crippen LogP contribution in [0.5, 0.6) is 0 Å². The molecule has 0 saturated heterocycles. The van der Waals surface area contributed by atoms with Crippen LogP contribution in [0.3, 0.4) is 0 Å². The van der Waals surface area contributed by atoms with Gasteiger partial charge in [0.2, 0.25) is 0 Å². The van der Waals surface area contributed by atoms with E-state index in [1.165, 1.54) is 4.57 Å². The van der Waals surface area contributed by atoms with Crippen molar-refractivity contribution in [1.29, 1.82) is 0 Å². The van der Waals surface area contributed by atoms with Crippen molar-refractivity contribution in [2.75, 3.05) is 0 Å². The van der Waals surface area contributed by atoms with Crippen LogP contribution in [0.25, 0.3) is 0 Å². The average molecular weight is 253 g/mol. The third-order valence-corrected chi connectivity index (χ3v) is 2.47. The molecule has 0 spiro atoms. The Labute approximate surface area is 106 Å². The van der Waals surface area contributed by atoms with E-state index in [4.69, 9.17) is 4.74 Å². The first-order valence-corrected chi connectivity index (χ1v) is 5.79. The molecule has 0 aliphatic heterocycles. The smallest absolute Gasteiger partial charge is 0.329 e. The molecule has 1 N–H and O–H groups in total. The van der Waals surface area contributed by atoms with Gasteiger partial charge in [0.25, 0.3) is 0 Å². The van der Waals surface area contributed by atoms with Crippen LogP contribution < -0.4 is 0 Å². The number of hydrogen-bond donors (Lipinski definition) is 1. The Morgan fingerprint density at radius 3 is 2.56 bits per heavy atom. The molecule has 0 radical (unpaired) electrons. The van der Waals surface area contributed by atoms with Gasteiger partial charge in [-0.2, -0.15) is 0 Å². The maximum absolute atomic E-state index is 11.4. The van der Waals surface area contributed by atoms with Crippen molar-refractivity contribution in [3.63, 3.8) is 0 Å². The summed E-state index contributed by atoms with van der Waals surface area (Å²) >= 11 is 0. The van der Waals surface area contributed by atoms with Crippen LogP contribution >= 0.6 is 0 Å². The summed E-state index contributed by atoms with van der Waals surface area (Å²) in [5.74, 6) is -1.02. The molecule has 2 unspecified atom stereocenters. The lowest BCUT2D eigenvalue weighted by atomic mass is 10.1. The number of carboxylic acids is 1. The molecule has 0 aliphatic carbocycles. The summed E-state index contributed by atoms with van der Waals surface area (Å²) < 4.78 is 7.09. The van der Waals surface area contributed by atoms with E-state index in [1.54, 1.807) is 25.3 Å². The molecule has 1 aromatic heterocycles. The lowest BCUT2D eigenvalue weighted by Crippen LogP contribution is -2.36. The fraction of sp³-hybridized carbons (Fsp3) is 0.538. The van der Waals surface area contributed by atoms with Gasteiger partial charge in [-0.1, -0.05) is 0 Å². The van der Waals surface area contributed by atoms with E-state index in [0.29, 0.717) is 12.0 Å². The lowest BCUT2D eigenvalue weighted by Gasteiger charge is -2.30. The molecule has 5 nitrogen and oxygen atoms in total. The maximum atomic E-state index is 11.4. The summed E-state index contributed by atoms with van der Waals surface area (Å²) in [7, 11) is 0. The summed E-state index contributed by atoms with van der Waals surface area (Å²) in [4.78, 5) is 22.2. The zero-order valence-corrected chi connectivity index (χ0v) is 11.1. The quantitative estimate of drug-likeness (QED) is 0.816. The van der Waals surface area contributed by atoms with E-state index in [9.17, 15) is 14.7 Å². The highest BCUT2D eigenvalue weighted by Crippen LogP contribution is 2.22. The largest absolute Gasteiger partial charge is 0.480 e. The Bertz CT molecular complexity index is 430. The molecule has 2 atom stereocenters. The van der Waals surface area contributed by atoms with E-state index < -0.39 is 23.7 Å². The van der Waals surface area contributed by atoms with E-state index in [-0.39, 0.29) is 0 Å². The summed E-state index contributed by atoms with van der Waals surface area (Å²) in [5.41, 5.74) is -0.117. The minimum atomic E-state index is -1.02. The number of ether oxygens (including phenoxy) is 1. The zero-order valence-electron chi connectivity index (χ0n) is 11.1. The molecule has 0 bridgehead atoms. The Morgan fingerprint density at radius 1 is 1.50 bits per heavy atom. The monoisotopic (exact) mass is 253 g/mol. The van der Waals surface area contributed by atoms with Crippen molar-refractivity contribution < 1.29 is 19.4 Å². The highest BCUT2D eigenvalue weighted by atomic mass is 16.5. The fourth-order valence-electron chi connectivity index (χ4n) is 1.93. The number of rotatable bonds is 5. The Balaban J connectivity index is 3.04. The molecule has 1 aromatic rings. The maximum Gasteiger partial charge on any atom is 0.329 e. The molecule has 0 aliphatic rings. The number of aliphatic carboxylic acids is 1. The number of hydrogen-bond acceptors (Lipinski definition) is 3. The summed E-state index contributed by atoms with van der Waals surface area (Å²) in [6, 6.07) is 2.30. The minimum absolute atomic E-state index is 0.326. The Kier molecular flexibility index (Phi) is 4.29. The van der Waals surface area contributed by atoms with E-state index in [2.05, 4.69) is 0 Å².